The summed E-state index contributed by atoms with van der Waals surface area (Å²) in [7, 11) is 5.22. The molecule has 0 atom stereocenters. The number of aliphatic imine (C=N–C) groups is 1. The Kier molecular flexibility index (Phi) is 9.18. The number of hydrogen-bond acceptors (Lipinski definition) is 7. The number of nitrogens with zero attached hydrogens (tertiary/aromatic N) is 4. The number of carbonyl (C=O) groups is 2. The minimum Gasteiger partial charge on any atom is -0.494 e. The van der Waals surface area contributed by atoms with Gasteiger partial charge in [-0.15, -0.1) is 0 Å². The third kappa shape index (κ3) is 7.10. The molecule has 0 radical (unpaired) electrons. The molecule has 3 aromatic carbocycles. The fourth-order valence-corrected chi connectivity index (χ4v) is 5.16. The Morgan fingerprint density at radius 3 is 2.40 bits per heavy atom. The minimum absolute atomic E-state index is 0.0183. The van der Waals surface area contributed by atoms with Crippen molar-refractivity contribution in [3.8, 4) is 5.88 Å². The predicted molar refractivity (Wildman–Crippen MR) is 166 cm³/mol. The Morgan fingerprint density at radius 1 is 1.02 bits per heavy atom. The molecule has 0 spiro atoms. The van der Waals surface area contributed by atoms with E-state index >= 15 is 0 Å². The number of likely N-dealkylation sites (N-methyl/N-ethyl adjacent to an activating group) is 2. The Labute approximate surface area is 250 Å². The number of H-pyrrole nitrogens is 1. The van der Waals surface area contributed by atoms with Gasteiger partial charge in [0.25, 0.3) is 0 Å². The Morgan fingerprint density at radius 2 is 1.72 bits per heavy atom. The van der Waals surface area contributed by atoms with Gasteiger partial charge in [0.15, 0.2) is 5.88 Å². The topological polar surface area (TPSA) is 101 Å². The number of fused-ring (bicyclic) bond motifs is 1. The van der Waals surface area contributed by atoms with E-state index in [1.54, 1.807) is 18.0 Å². The lowest BCUT2D eigenvalue weighted by atomic mass is 9.98. The molecule has 9 nitrogen and oxygen atoms in total. The van der Waals surface area contributed by atoms with E-state index in [1.165, 1.54) is 19.2 Å². The van der Waals surface area contributed by atoms with Gasteiger partial charge < -0.3 is 24.6 Å². The van der Waals surface area contributed by atoms with Gasteiger partial charge >= 0.3 is 5.97 Å². The van der Waals surface area contributed by atoms with Crippen LogP contribution in [0.5, 0.6) is 5.88 Å². The summed E-state index contributed by atoms with van der Waals surface area (Å²) < 4.78 is 18.7. The van der Waals surface area contributed by atoms with Gasteiger partial charge in [-0.05, 0) is 61.5 Å². The van der Waals surface area contributed by atoms with Crippen LogP contribution in [-0.2, 0) is 20.7 Å². The first-order valence-electron chi connectivity index (χ1n) is 14.2. The van der Waals surface area contributed by atoms with Gasteiger partial charge in [-0.3, -0.25) is 14.5 Å². The van der Waals surface area contributed by atoms with Gasteiger partial charge in [0, 0.05) is 56.3 Å². The van der Waals surface area contributed by atoms with Crippen molar-refractivity contribution < 1.29 is 23.8 Å². The minimum atomic E-state index is -0.421. The first kappa shape index (κ1) is 29.9. The highest BCUT2D eigenvalue weighted by Crippen LogP contribution is 2.32. The number of esters is 1. The lowest BCUT2D eigenvalue weighted by Crippen LogP contribution is -2.48. The number of aromatic nitrogens is 1. The van der Waals surface area contributed by atoms with Crippen LogP contribution in [0.3, 0.4) is 0 Å². The van der Waals surface area contributed by atoms with Gasteiger partial charge in [0.05, 0.1) is 36.1 Å². The summed E-state index contributed by atoms with van der Waals surface area (Å²) >= 11 is 0. The standard InChI is InChI=1S/C33H36FN5O4/c1-37-16-18-39(19-17-37)21-29(40)38(2)26-12-10-25(11-13-26)35-32(23-7-4-22(5-8-23)6-15-30(41)43-3)31-27-14-9-24(34)20-28(27)36-33(31)42/h4-5,7-14,20,36,42H,6,15-19,21H2,1-3H3. The van der Waals surface area contributed by atoms with E-state index in [0.29, 0.717) is 40.8 Å². The summed E-state index contributed by atoms with van der Waals surface area (Å²) in [6.45, 7) is 4.00. The third-order valence-electron chi connectivity index (χ3n) is 7.86. The highest BCUT2D eigenvalue weighted by atomic mass is 19.1. The average Bonchev–Trinajstić information content (AvgIpc) is 3.34. The molecule has 1 aliphatic heterocycles. The number of benzene rings is 3. The van der Waals surface area contributed by atoms with Gasteiger partial charge in [-0.2, -0.15) is 0 Å². The number of aryl methyl sites for hydroxylation is 1. The molecule has 224 valence electrons. The zero-order valence-electron chi connectivity index (χ0n) is 24.6. The zero-order chi connectivity index (χ0) is 30.5. The number of carbonyl (C=O) groups excluding carboxylic acids is 2. The predicted octanol–water partition coefficient (Wildman–Crippen LogP) is 4.50. The second-order valence-electron chi connectivity index (χ2n) is 10.8. The van der Waals surface area contributed by atoms with E-state index in [-0.39, 0.29) is 24.2 Å². The quantitative estimate of drug-likeness (QED) is 0.222. The van der Waals surface area contributed by atoms with Crippen molar-refractivity contribution in [1.29, 1.82) is 0 Å². The highest BCUT2D eigenvalue weighted by molar-refractivity contribution is 6.21. The number of aromatic amines is 1. The number of nitrogens with one attached hydrogen (secondary N) is 1. The summed E-state index contributed by atoms with van der Waals surface area (Å²) in [6, 6.07) is 19.2. The van der Waals surface area contributed by atoms with Crippen LogP contribution in [-0.4, -0.2) is 91.4 Å². The van der Waals surface area contributed by atoms with E-state index in [2.05, 4.69) is 21.8 Å². The summed E-state index contributed by atoms with van der Waals surface area (Å²) in [4.78, 5) is 38.4. The van der Waals surface area contributed by atoms with Crippen molar-refractivity contribution in [3.63, 3.8) is 0 Å². The number of amides is 1. The van der Waals surface area contributed by atoms with Gasteiger partial charge in [0.1, 0.15) is 5.82 Å². The van der Waals surface area contributed by atoms with Crippen molar-refractivity contribution in [3.05, 3.63) is 89.2 Å². The molecule has 0 aliphatic carbocycles. The van der Waals surface area contributed by atoms with Gasteiger partial charge in [-0.1, -0.05) is 24.3 Å². The van der Waals surface area contributed by atoms with Crippen LogP contribution in [0.25, 0.3) is 10.9 Å². The maximum Gasteiger partial charge on any atom is 0.305 e. The molecular formula is C33H36FN5O4. The number of rotatable bonds is 9. The molecule has 4 aromatic rings. The van der Waals surface area contributed by atoms with Crippen LogP contribution in [0, 0.1) is 5.82 Å². The molecule has 43 heavy (non-hydrogen) atoms. The van der Waals surface area contributed by atoms with E-state index in [4.69, 9.17) is 9.73 Å². The van der Waals surface area contributed by atoms with Crippen molar-refractivity contribution >= 4 is 39.9 Å². The summed E-state index contributed by atoms with van der Waals surface area (Å²) in [5.74, 6) is -0.808. The maximum absolute atomic E-state index is 14.0. The van der Waals surface area contributed by atoms with Crippen LogP contribution in [0.4, 0.5) is 15.8 Å². The summed E-state index contributed by atoms with van der Waals surface area (Å²) in [5, 5.41) is 11.6. The molecule has 0 unspecified atom stereocenters. The third-order valence-corrected chi connectivity index (χ3v) is 7.86. The second-order valence-corrected chi connectivity index (χ2v) is 10.8. The van der Waals surface area contributed by atoms with Crippen LogP contribution >= 0.6 is 0 Å². The molecule has 0 saturated carbocycles. The summed E-state index contributed by atoms with van der Waals surface area (Å²) in [6.07, 6.45) is 0.795. The van der Waals surface area contributed by atoms with Crippen LogP contribution in [0.15, 0.2) is 71.7 Å². The number of aromatic hydroxyl groups is 1. The normalized spacial score (nSPS) is 14.7. The molecule has 5 rings (SSSR count). The van der Waals surface area contributed by atoms with E-state index in [9.17, 15) is 19.1 Å². The van der Waals surface area contributed by atoms with Crippen molar-refractivity contribution in [1.82, 2.24) is 14.8 Å². The van der Waals surface area contributed by atoms with Crippen LogP contribution in [0.2, 0.25) is 0 Å². The molecule has 10 heteroatoms. The van der Waals surface area contributed by atoms with Crippen molar-refractivity contribution in [2.24, 2.45) is 4.99 Å². The smallest absolute Gasteiger partial charge is 0.305 e. The number of piperazine rings is 1. The molecule has 2 N–H and O–H groups in total. The van der Waals surface area contributed by atoms with E-state index < -0.39 is 5.82 Å². The molecule has 1 saturated heterocycles. The number of methoxy groups -OCH3 is 1. The average molecular weight is 586 g/mol. The van der Waals surface area contributed by atoms with E-state index in [1.807, 2.05) is 48.5 Å². The van der Waals surface area contributed by atoms with Gasteiger partial charge in [-0.25, -0.2) is 9.38 Å². The molecular weight excluding hydrogens is 549 g/mol. The molecule has 1 aromatic heterocycles. The number of ether oxygens (including phenoxy) is 1. The fraction of sp³-hybridized carbons (Fsp3) is 0.303. The first-order chi connectivity index (χ1) is 20.7. The largest absolute Gasteiger partial charge is 0.494 e. The SMILES string of the molecule is COC(=O)CCc1ccc(C(=Nc2ccc(N(C)C(=O)CN3CCN(C)CC3)cc2)c2c(O)[nH]c3cc(F)ccc23)cc1. The zero-order valence-corrected chi connectivity index (χ0v) is 24.6. The number of halogens is 1. The summed E-state index contributed by atoms with van der Waals surface area (Å²) in [5.41, 5.74) is 4.43. The van der Waals surface area contributed by atoms with Crippen molar-refractivity contribution in [2.75, 3.05) is 58.8 Å². The number of anilines is 1. The molecule has 0 bridgehead atoms. The van der Waals surface area contributed by atoms with E-state index in [0.717, 1.165) is 43.0 Å². The Hall–Kier alpha value is -4.54. The maximum atomic E-state index is 14.0. The first-order valence-corrected chi connectivity index (χ1v) is 14.2. The Balaban J connectivity index is 1.43. The lowest BCUT2D eigenvalue weighted by Gasteiger charge is -2.32. The van der Waals surface area contributed by atoms with Crippen LogP contribution in [0.1, 0.15) is 23.1 Å². The molecule has 1 aliphatic rings. The fourth-order valence-electron chi connectivity index (χ4n) is 5.16. The Bertz CT molecular complexity index is 1620. The monoisotopic (exact) mass is 585 g/mol. The lowest BCUT2D eigenvalue weighted by molar-refractivity contribution is -0.140. The molecule has 1 amide bonds. The van der Waals surface area contributed by atoms with Crippen LogP contribution < -0.4 is 4.90 Å². The highest BCUT2D eigenvalue weighted by Gasteiger charge is 2.21. The van der Waals surface area contributed by atoms with Crippen molar-refractivity contribution in [2.45, 2.75) is 12.8 Å². The van der Waals surface area contributed by atoms with Gasteiger partial charge in [0.2, 0.25) is 5.91 Å². The number of hydrogen-bond donors (Lipinski definition) is 2. The molecule has 1 fully saturated rings. The molecule has 2 heterocycles. The second kappa shape index (κ2) is 13.2.